The normalized spacial score (nSPS) is 10.0. The molecule has 0 aromatic rings. The molecule has 78 valence electrons. The van der Waals surface area contributed by atoms with Gasteiger partial charge in [-0.25, -0.2) is 12.2 Å². The van der Waals surface area contributed by atoms with Crippen LogP contribution in [-0.2, 0) is 25.8 Å². The Morgan fingerprint density at radius 3 is 2.08 bits per heavy atom. The number of allylic oxidation sites excluding steroid dienone is 4. The van der Waals surface area contributed by atoms with Gasteiger partial charge in [-0.1, -0.05) is 19.8 Å². The van der Waals surface area contributed by atoms with Crippen LogP contribution in [0, 0.1) is 13.0 Å². The molecule has 0 fully saturated rings. The second kappa shape index (κ2) is 23.5. The maximum Gasteiger partial charge on any atom is 0 e. The monoisotopic (exact) mass is 572 g/mol. The molecule has 0 nitrogen and oxygen atoms in total. The first kappa shape index (κ1) is 24.2. The summed E-state index contributed by atoms with van der Waals surface area (Å²) in [5, 5.41) is 0. The van der Waals surface area contributed by atoms with E-state index < -0.39 is 0 Å². The van der Waals surface area contributed by atoms with Gasteiger partial charge >= 0.3 is 0 Å². The van der Waals surface area contributed by atoms with Crippen molar-refractivity contribution in [2.45, 2.75) is 32.6 Å². The molecule has 1 aliphatic rings. The Bertz CT molecular complexity index is 99.5. The van der Waals surface area contributed by atoms with Crippen molar-refractivity contribution in [3.63, 3.8) is 0 Å². The third-order valence-electron chi connectivity index (χ3n) is 1.19. The molecular formula is C10H18HfI2-2. The zero-order valence-corrected chi connectivity index (χ0v) is 16.3. The number of unbranched alkanes of at least 4 members (excludes halogenated alkanes) is 2. The van der Waals surface area contributed by atoms with Gasteiger partial charge in [-0.2, -0.15) is 12.5 Å². The summed E-state index contributed by atoms with van der Waals surface area (Å²) in [4.78, 5) is 0. The zero-order valence-electron chi connectivity index (χ0n) is 8.08. The Hall–Kier alpha value is 1.81. The van der Waals surface area contributed by atoms with Crippen LogP contribution in [0.4, 0.5) is 0 Å². The van der Waals surface area contributed by atoms with Crippen LogP contribution in [0.3, 0.4) is 0 Å². The van der Waals surface area contributed by atoms with Gasteiger partial charge in [0.2, 0.25) is 0 Å². The summed E-state index contributed by atoms with van der Waals surface area (Å²) in [5.74, 6) is 0. The first-order valence-electron chi connectivity index (χ1n) is 3.92. The van der Waals surface area contributed by atoms with Crippen molar-refractivity contribution >= 4 is 48.0 Å². The van der Waals surface area contributed by atoms with Crippen molar-refractivity contribution in [2.75, 3.05) is 0 Å². The second-order valence-electron chi connectivity index (χ2n) is 2.21. The molecule has 1 aliphatic carbocycles. The molecule has 0 bridgehead atoms. The predicted octanol–water partition coefficient (Wildman–Crippen LogP) is 4.55. The Morgan fingerprint density at radius 2 is 2.00 bits per heavy atom. The second-order valence-corrected chi connectivity index (χ2v) is 2.21. The van der Waals surface area contributed by atoms with Crippen LogP contribution in [0.5, 0.6) is 0 Å². The summed E-state index contributed by atoms with van der Waals surface area (Å²) in [5.41, 5.74) is 0. The van der Waals surface area contributed by atoms with Crippen molar-refractivity contribution in [3.8, 4) is 0 Å². The largest absolute Gasteiger partial charge is 0.343 e. The van der Waals surface area contributed by atoms with E-state index in [1.807, 2.05) is 12.2 Å². The van der Waals surface area contributed by atoms with E-state index in [4.69, 9.17) is 0 Å². The summed E-state index contributed by atoms with van der Waals surface area (Å²) in [6.45, 7) is 5.85. The van der Waals surface area contributed by atoms with E-state index >= 15 is 0 Å². The minimum absolute atomic E-state index is 0. The smallest absolute Gasteiger partial charge is 0 e. The van der Waals surface area contributed by atoms with Gasteiger partial charge in [-0.15, -0.1) is 54.4 Å². The average molecular weight is 571 g/mol. The quantitative estimate of drug-likeness (QED) is 0.260. The minimum atomic E-state index is 0. The SMILES string of the molecule is I.I.[C-]1=CC=CC1.[CH2-]CCCC.[Hf]. The third kappa shape index (κ3) is 24.8. The zero-order chi connectivity index (χ0) is 7.66. The molecule has 0 radical (unpaired) electrons. The van der Waals surface area contributed by atoms with Gasteiger partial charge in [-0.3, -0.25) is 6.08 Å². The van der Waals surface area contributed by atoms with Crippen molar-refractivity contribution in [1.82, 2.24) is 0 Å². The Balaban J connectivity index is -0.0000000506. The van der Waals surface area contributed by atoms with Crippen LogP contribution in [-0.4, -0.2) is 0 Å². The Morgan fingerprint density at radius 1 is 1.38 bits per heavy atom. The summed E-state index contributed by atoms with van der Waals surface area (Å²) in [6, 6.07) is 0. The van der Waals surface area contributed by atoms with E-state index in [0.717, 1.165) is 12.8 Å². The fourth-order valence-electron chi connectivity index (χ4n) is 0.590. The fourth-order valence-corrected chi connectivity index (χ4v) is 0.590. The third-order valence-corrected chi connectivity index (χ3v) is 1.19. The summed E-state index contributed by atoms with van der Waals surface area (Å²) in [6.07, 6.45) is 13.7. The van der Waals surface area contributed by atoms with Gasteiger partial charge in [0.15, 0.2) is 0 Å². The molecule has 0 saturated carbocycles. The molecule has 0 heterocycles. The molecule has 0 atom stereocenters. The van der Waals surface area contributed by atoms with Crippen LogP contribution in [0.1, 0.15) is 32.6 Å². The summed E-state index contributed by atoms with van der Waals surface area (Å²) < 4.78 is 0. The van der Waals surface area contributed by atoms with Gasteiger partial charge in [0, 0.05) is 25.8 Å². The molecule has 0 unspecified atom stereocenters. The van der Waals surface area contributed by atoms with E-state index in [1.54, 1.807) is 0 Å². The molecule has 0 aromatic carbocycles. The summed E-state index contributed by atoms with van der Waals surface area (Å²) in [7, 11) is 0. The van der Waals surface area contributed by atoms with E-state index in [1.165, 1.54) is 12.8 Å². The minimum Gasteiger partial charge on any atom is -0.343 e. The van der Waals surface area contributed by atoms with E-state index in [9.17, 15) is 0 Å². The predicted molar refractivity (Wildman–Crippen MR) is 77.3 cm³/mol. The molecule has 0 saturated heterocycles. The Labute approximate surface area is 136 Å². The van der Waals surface area contributed by atoms with Crippen LogP contribution in [0.25, 0.3) is 0 Å². The first-order chi connectivity index (χ1) is 4.91. The molecule has 0 aliphatic heterocycles. The van der Waals surface area contributed by atoms with Crippen molar-refractivity contribution in [1.29, 1.82) is 0 Å². The number of hydrogen-bond donors (Lipinski definition) is 0. The van der Waals surface area contributed by atoms with Crippen LogP contribution >= 0.6 is 48.0 Å². The number of halogens is 2. The van der Waals surface area contributed by atoms with Crippen LogP contribution < -0.4 is 0 Å². The number of rotatable bonds is 2. The van der Waals surface area contributed by atoms with Crippen molar-refractivity contribution < 1.29 is 25.8 Å². The molecule has 0 N–H and O–H groups in total. The molecule has 0 aromatic heterocycles. The van der Waals surface area contributed by atoms with Gasteiger partial charge in [-0.05, 0) is 0 Å². The topological polar surface area (TPSA) is 0 Å². The number of hydrogen-bond acceptors (Lipinski definition) is 0. The summed E-state index contributed by atoms with van der Waals surface area (Å²) >= 11 is 0. The molecule has 0 spiro atoms. The first-order valence-corrected chi connectivity index (χ1v) is 3.92. The standard InChI is InChI=1S/C5H5.C5H11.Hf.2HI/c1-2-4-5-3-1;1-3-5-4-2;;;/h1-3H,4H2;1,3-5H2,2H3;;2*1H/q2*-1;;;. The molecule has 1 rings (SSSR count). The van der Waals surface area contributed by atoms with E-state index in [0.29, 0.717) is 0 Å². The van der Waals surface area contributed by atoms with E-state index in [-0.39, 0.29) is 73.8 Å². The van der Waals surface area contributed by atoms with Crippen LogP contribution in [0.15, 0.2) is 18.2 Å². The molecule has 3 heteroatoms. The maximum absolute atomic E-state index is 3.68. The van der Waals surface area contributed by atoms with E-state index in [2.05, 4.69) is 26.0 Å². The van der Waals surface area contributed by atoms with Gasteiger partial charge < -0.3 is 6.92 Å². The maximum atomic E-state index is 3.68. The van der Waals surface area contributed by atoms with Gasteiger partial charge in [0.1, 0.15) is 0 Å². The molecule has 13 heavy (non-hydrogen) atoms. The van der Waals surface area contributed by atoms with Crippen LogP contribution in [0.2, 0.25) is 0 Å². The Kier molecular flexibility index (Phi) is 43.8. The van der Waals surface area contributed by atoms with Crippen molar-refractivity contribution in [3.05, 3.63) is 31.2 Å². The average Bonchev–Trinajstić information content (AvgIpc) is 2.44. The van der Waals surface area contributed by atoms with Crippen molar-refractivity contribution in [2.24, 2.45) is 0 Å². The molecule has 0 amide bonds. The fraction of sp³-hybridized carbons (Fsp3) is 0.500. The van der Waals surface area contributed by atoms with Gasteiger partial charge in [0.05, 0.1) is 0 Å². The van der Waals surface area contributed by atoms with Gasteiger partial charge in [0.25, 0.3) is 0 Å². The molecular weight excluding hydrogens is 552 g/mol.